The number of aromatic nitrogens is 2. The van der Waals surface area contributed by atoms with E-state index in [4.69, 9.17) is 9.72 Å². The predicted molar refractivity (Wildman–Crippen MR) is 80.7 cm³/mol. The molecule has 0 spiro atoms. The van der Waals surface area contributed by atoms with Crippen LogP contribution in [0.4, 0.5) is 5.82 Å². The first-order valence-electron chi connectivity index (χ1n) is 6.81. The van der Waals surface area contributed by atoms with Gasteiger partial charge in [-0.1, -0.05) is 27.7 Å². The Labute approximate surface area is 123 Å². The third-order valence-electron chi connectivity index (χ3n) is 3.27. The number of morpholine rings is 1. The van der Waals surface area contributed by atoms with Gasteiger partial charge < -0.3 is 9.64 Å². The van der Waals surface area contributed by atoms with Gasteiger partial charge in [-0.2, -0.15) is 0 Å². The largest absolute Gasteiger partial charge is 0.375 e. The highest BCUT2D eigenvalue weighted by atomic mass is 79.9. The van der Waals surface area contributed by atoms with E-state index in [2.05, 4.69) is 53.5 Å². The van der Waals surface area contributed by atoms with E-state index >= 15 is 0 Å². The molecule has 1 atom stereocenters. The second-order valence-electron chi connectivity index (χ2n) is 5.97. The van der Waals surface area contributed by atoms with Crippen LogP contribution in [0.15, 0.2) is 10.7 Å². The summed E-state index contributed by atoms with van der Waals surface area (Å²) in [4.78, 5) is 11.5. The highest BCUT2D eigenvalue weighted by Crippen LogP contribution is 2.25. The summed E-state index contributed by atoms with van der Waals surface area (Å²) in [5.41, 5.74) is -0.0467. The Hall–Kier alpha value is -0.680. The van der Waals surface area contributed by atoms with Crippen LogP contribution >= 0.6 is 15.9 Å². The molecule has 0 bridgehead atoms. The Morgan fingerprint density at radius 3 is 2.79 bits per heavy atom. The van der Waals surface area contributed by atoms with Gasteiger partial charge in [0, 0.05) is 24.6 Å². The van der Waals surface area contributed by atoms with Crippen LogP contribution < -0.4 is 4.90 Å². The van der Waals surface area contributed by atoms with E-state index in [1.807, 2.05) is 6.07 Å². The zero-order valence-electron chi connectivity index (χ0n) is 12.1. The summed E-state index contributed by atoms with van der Waals surface area (Å²) in [6.45, 7) is 11.1. The molecule has 1 aromatic rings. The van der Waals surface area contributed by atoms with Gasteiger partial charge in [-0.25, -0.2) is 9.97 Å². The second-order valence-corrected chi connectivity index (χ2v) is 6.78. The van der Waals surface area contributed by atoms with Crippen LogP contribution in [-0.4, -0.2) is 35.8 Å². The van der Waals surface area contributed by atoms with Crippen molar-refractivity contribution in [2.24, 2.45) is 0 Å². The quantitative estimate of drug-likeness (QED) is 0.782. The van der Waals surface area contributed by atoms with Gasteiger partial charge in [-0.05, 0) is 22.4 Å². The Balaban J connectivity index is 2.26. The monoisotopic (exact) mass is 327 g/mol. The number of hydrogen-bond acceptors (Lipinski definition) is 4. The summed E-state index contributed by atoms with van der Waals surface area (Å²) >= 11 is 3.50. The molecule has 5 heteroatoms. The molecule has 0 aliphatic carbocycles. The molecule has 0 saturated carbocycles. The van der Waals surface area contributed by atoms with Crippen LogP contribution in [0.2, 0.25) is 0 Å². The normalized spacial score (nSPS) is 20.7. The SMILES string of the molecule is CCC1CN(c2cc(Br)nc(C(C)(C)C)n2)CCO1. The molecular weight excluding hydrogens is 306 g/mol. The fraction of sp³-hybridized carbons (Fsp3) is 0.714. The third-order valence-corrected chi connectivity index (χ3v) is 3.68. The Bertz CT molecular complexity index is 445. The van der Waals surface area contributed by atoms with Crippen LogP contribution in [0.5, 0.6) is 0 Å². The number of halogens is 1. The molecule has 2 heterocycles. The van der Waals surface area contributed by atoms with Gasteiger partial charge in [0.15, 0.2) is 0 Å². The van der Waals surface area contributed by atoms with Gasteiger partial charge in [-0.15, -0.1) is 0 Å². The molecule has 1 fully saturated rings. The molecule has 106 valence electrons. The zero-order chi connectivity index (χ0) is 14.0. The Morgan fingerprint density at radius 2 is 2.16 bits per heavy atom. The first-order chi connectivity index (χ1) is 8.90. The lowest BCUT2D eigenvalue weighted by Crippen LogP contribution is -2.42. The van der Waals surface area contributed by atoms with E-state index in [9.17, 15) is 0 Å². The van der Waals surface area contributed by atoms with Gasteiger partial charge in [0.25, 0.3) is 0 Å². The maximum absolute atomic E-state index is 5.71. The lowest BCUT2D eigenvalue weighted by Gasteiger charge is -2.34. The highest BCUT2D eigenvalue weighted by molar-refractivity contribution is 9.10. The van der Waals surface area contributed by atoms with Crippen molar-refractivity contribution in [3.63, 3.8) is 0 Å². The summed E-state index contributed by atoms with van der Waals surface area (Å²) < 4.78 is 6.56. The maximum Gasteiger partial charge on any atom is 0.137 e. The average molecular weight is 328 g/mol. The van der Waals surface area contributed by atoms with Gasteiger partial charge in [0.05, 0.1) is 12.7 Å². The van der Waals surface area contributed by atoms with E-state index in [1.54, 1.807) is 0 Å². The van der Waals surface area contributed by atoms with Crippen molar-refractivity contribution >= 4 is 21.7 Å². The number of nitrogens with zero attached hydrogens (tertiary/aromatic N) is 3. The van der Waals surface area contributed by atoms with Crippen molar-refractivity contribution in [3.05, 3.63) is 16.5 Å². The molecule has 1 unspecified atom stereocenters. The smallest absolute Gasteiger partial charge is 0.137 e. The first kappa shape index (κ1) is 14.7. The standard InChI is InChI=1S/C14H22BrN3O/c1-5-10-9-18(6-7-19-10)12-8-11(15)16-13(17-12)14(2,3)4/h8,10H,5-7,9H2,1-4H3. The fourth-order valence-corrected chi connectivity index (χ4v) is 2.45. The number of anilines is 1. The number of hydrogen-bond donors (Lipinski definition) is 0. The van der Waals surface area contributed by atoms with Gasteiger partial charge in [0.2, 0.25) is 0 Å². The molecule has 0 N–H and O–H groups in total. The number of ether oxygens (including phenoxy) is 1. The molecule has 2 rings (SSSR count). The van der Waals surface area contributed by atoms with E-state index < -0.39 is 0 Å². The predicted octanol–water partition coefficient (Wildman–Crippen LogP) is 3.15. The Kier molecular flexibility index (Phi) is 4.46. The molecule has 0 radical (unpaired) electrons. The summed E-state index contributed by atoms with van der Waals surface area (Å²) in [6, 6.07) is 1.99. The molecule has 19 heavy (non-hydrogen) atoms. The average Bonchev–Trinajstić information content (AvgIpc) is 2.37. The van der Waals surface area contributed by atoms with Gasteiger partial charge >= 0.3 is 0 Å². The van der Waals surface area contributed by atoms with Crippen molar-refractivity contribution < 1.29 is 4.74 Å². The van der Waals surface area contributed by atoms with Crippen LogP contribution in [0, 0.1) is 0 Å². The van der Waals surface area contributed by atoms with Crippen molar-refractivity contribution in [1.82, 2.24) is 9.97 Å². The van der Waals surface area contributed by atoms with Crippen LogP contribution in [0.3, 0.4) is 0 Å². The Morgan fingerprint density at radius 1 is 1.42 bits per heavy atom. The maximum atomic E-state index is 5.71. The van der Waals surface area contributed by atoms with Crippen molar-refractivity contribution in [2.75, 3.05) is 24.6 Å². The second kappa shape index (κ2) is 5.75. The van der Waals surface area contributed by atoms with E-state index in [-0.39, 0.29) is 5.41 Å². The van der Waals surface area contributed by atoms with Crippen molar-refractivity contribution in [1.29, 1.82) is 0 Å². The summed E-state index contributed by atoms with van der Waals surface area (Å²) in [6.07, 6.45) is 1.34. The molecule has 0 amide bonds. The summed E-state index contributed by atoms with van der Waals surface area (Å²) in [5.74, 6) is 1.87. The molecule has 1 aliphatic heterocycles. The molecule has 1 saturated heterocycles. The minimum absolute atomic E-state index is 0.0467. The lowest BCUT2D eigenvalue weighted by atomic mass is 9.96. The third kappa shape index (κ3) is 3.66. The van der Waals surface area contributed by atoms with E-state index in [0.29, 0.717) is 6.10 Å². The molecule has 4 nitrogen and oxygen atoms in total. The van der Waals surface area contributed by atoms with Crippen molar-refractivity contribution in [3.8, 4) is 0 Å². The molecule has 1 aliphatic rings. The zero-order valence-corrected chi connectivity index (χ0v) is 13.7. The molecule has 1 aromatic heterocycles. The van der Waals surface area contributed by atoms with Crippen LogP contribution in [0.1, 0.15) is 39.9 Å². The number of rotatable bonds is 2. The van der Waals surface area contributed by atoms with E-state index in [0.717, 1.165) is 42.4 Å². The topological polar surface area (TPSA) is 38.2 Å². The van der Waals surface area contributed by atoms with Crippen LogP contribution in [0.25, 0.3) is 0 Å². The molecule has 0 aromatic carbocycles. The summed E-state index contributed by atoms with van der Waals surface area (Å²) in [7, 11) is 0. The first-order valence-corrected chi connectivity index (χ1v) is 7.61. The fourth-order valence-electron chi connectivity index (χ4n) is 2.08. The van der Waals surface area contributed by atoms with Crippen molar-refractivity contribution in [2.45, 2.75) is 45.6 Å². The minimum Gasteiger partial charge on any atom is -0.375 e. The van der Waals surface area contributed by atoms with Crippen LogP contribution in [-0.2, 0) is 10.2 Å². The lowest BCUT2D eigenvalue weighted by molar-refractivity contribution is 0.0381. The van der Waals surface area contributed by atoms with Gasteiger partial charge in [-0.3, -0.25) is 0 Å². The van der Waals surface area contributed by atoms with E-state index in [1.165, 1.54) is 0 Å². The molecular formula is C14H22BrN3O. The highest BCUT2D eigenvalue weighted by Gasteiger charge is 2.23. The van der Waals surface area contributed by atoms with Gasteiger partial charge in [0.1, 0.15) is 16.2 Å². The summed E-state index contributed by atoms with van der Waals surface area (Å²) in [5, 5.41) is 0. The minimum atomic E-state index is -0.0467.